The van der Waals surface area contributed by atoms with Crippen molar-refractivity contribution in [3.8, 4) is 16.9 Å². The molecule has 0 radical (unpaired) electrons. The first kappa shape index (κ1) is 31.4. The number of nitrogens with one attached hydrogen (secondary N) is 1. The van der Waals surface area contributed by atoms with Gasteiger partial charge in [0.15, 0.2) is 9.84 Å². The van der Waals surface area contributed by atoms with Crippen LogP contribution in [0.1, 0.15) is 47.8 Å². The largest absolute Gasteiger partial charge is 0.496 e. The molecule has 4 aromatic rings. The van der Waals surface area contributed by atoms with Gasteiger partial charge in [0, 0.05) is 24.2 Å². The third-order valence-electron chi connectivity index (χ3n) is 8.23. The second-order valence-electron chi connectivity index (χ2n) is 10.7. The summed E-state index contributed by atoms with van der Waals surface area (Å²) in [5.41, 5.74) is 2.38. The number of thiophene rings is 1. The van der Waals surface area contributed by atoms with Crippen molar-refractivity contribution in [3.63, 3.8) is 0 Å². The van der Waals surface area contributed by atoms with Crippen molar-refractivity contribution in [2.45, 2.75) is 56.1 Å². The Bertz CT molecular complexity index is 1750. The molecule has 1 aliphatic rings. The quantitative estimate of drug-likeness (QED) is 0.204. The number of sulfone groups is 1. The molecule has 0 bridgehead atoms. The number of carbonyl (C=O) groups excluding carboxylic acids is 1. The molecule has 1 N–H and O–H groups in total. The number of nitrogens with zero attached hydrogens (tertiary/aromatic N) is 1. The second-order valence-corrected chi connectivity index (χ2v) is 14.3. The zero-order valence-corrected chi connectivity index (χ0v) is 26.5. The van der Waals surface area contributed by atoms with E-state index < -0.39 is 21.5 Å². The minimum absolute atomic E-state index is 0.0142. The topological polar surface area (TPSA) is 75.7 Å². The summed E-state index contributed by atoms with van der Waals surface area (Å²) >= 11 is 7.42. The molecular weight excluding hydrogens is 614 g/mol. The molecule has 0 saturated heterocycles. The Balaban J connectivity index is 1.54. The molecule has 0 atom stereocenters. The summed E-state index contributed by atoms with van der Waals surface area (Å²) in [4.78, 5) is 16.3. The summed E-state index contributed by atoms with van der Waals surface area (Å²) < 4.78 is 59.6. The predicted molar refractivity (Wildman–Crippen MR) is 168 cm³/mol. The molecular formula is C32H33ClF2N2O4S2. The van der Waals surface area contributed by atoms with Gasteiger partial charge in [0.05, 0.1) is 32.9 Å². The van der Waals surface area contributed by atoms with Crippen LogP contribution in [-0.2, 0) is 16.4 Å². The van der Waals surface area contributed by atoms with Gasteiger partial charge in [0.2, 0.25) is 0 Å². The molecule has 1 heterocycles. The number of fused-ring (bicyclic) bond motifs is 1. The molecule has 3 aromatic carbocycles. The van der Waals surface area contributed by atoms with Crippen molar-refractivity contribution in [2.24, 2.45) is 0 Å². The normalized spacial score (nSPS) is 17.3. The molecule has 1 amide bonds. The van der Waals surface area contributed by atoms with Crippen LogP contribution in [0.15, 0.2) is 59.5 Å². The Labute approximate surface area is 259 Å². The Morgan fingerprint density at radius 1 is 1.02 bits per heavy atom. The van der Waals surface area contributed by atoms with E-state index in [0.717, 1.165) is 65.8 Å². The van der Waals surface area contributed by atoms with Gasteiger partial charge in [-0.05, 0) is 80.3 Å². The van der Waals surface area contributed by atoms with Crippen molar-refractivity contribution in [3.05, 3.63) is 81.7 Å². The smallest absolute Gasteiger partial charge is 0.266 e. The molecule has 43 heavy (non-hydrogen) atoms. The number of hydrogen-bond acceptors (Lipinski definition) is 6. The molecule has 0 spiro atoms. The molecule has 1 aliphatic carbocycles. The summed E-state index contributed by atoms with van der Waals surface area (Å²) in [6, 6.07) is 14.6. The maximum atomic E-state index is 14.7. The Morgan fingerprint density at radius 3 is 2.28 bits per heavy atom. The predicted octanol–water partition coefficient (Wildman–Crippen LogP) is 7.48. The van der Waals surface area contributed by atoms with E-state index in [-0.39, 0.29) is 49.1 Å². The van der Waals surface area contributed by atoms with E-state index in [0.29, 0.717) is 11.8 Å². The Hall–Kier alpha value is -3.05. The second kappa shape index (κ2) is 12.9. The van der Waals surface area contributed by atoms with E-state index in [1.165, 1.54) is 0 Å². The van der Waals surface area contributed by atoms with E-state index in [1.807, 2.05) is 25.2 Å². The van der Waals surface area contributed by atoms with Crippen LogP contribution in [0.5, 0.6) is 5.75 Å². The summed E-state index contributed by atoms with van der Waals surface area (Å²) in [6.07, 6.45) is 3.24. The number of amides is 1. The molecule has 5 rings (SSSR count). The first-order chi connectivity index (χ1) is 20.6. The van der Waals surface area contributed by atoms with Gasteiger partial charge in [-0.1, -0.05) is 36.7 Å². The summed E-state index contributed by atoms with van der Waals surface area (Å²) in [5.74, 6) is -1.10. The van der Waals surface area contributed by atoms with Gasteiger partial charge < -0.3 is 15.0 Å². The lowest BCUT2D eigenvalue weighted by Gasteiger charge is -2.37. The van der Waals surface area contributed by atoms with Gasteiger partial charge in [-0.2, -0.15) is 0 Å². The summed E-state index contributed by atoms with van der Waals surface area (Å²) in [6.45, 7) is 1.79. The van der Waals surface area contributed by atoms with Crippen LogP contribution in [0.2, 0.25) is 5.02 Å². The lowest BCUT2D eigenvalue weighted by Crippen LogP contribution is -2.44. The fourth-order valence-electron chi connectivity index (χ4n) is 5.70. The first-order valence-corrected chi connectivity index (χ1v) is 17.0. The highest BCUT2D eigenvalue weighted by Crippen LogP contribution is 2.40. The SMILES string of the molecule is CCS(=O)(=O)c1ccc(-c2ccc(OC)c(CN(C(=O)c3sc4c(F)ccc(F)c4c3Cl)[C@H]3CC[C@@H](NC)CC3)c2)cc1. The number of methoxy groups -OCH3 is 1. The van der Waals surface area contributed by atoms with Crippen LogP contribution in [0.3, 0.4) is 0 Å². The van der Waals surface area contributed by atoms with E-state index in [4.69, 9.17) is 16.3 Å². The number of carbonyl (C=O) groups is 1. The zero-order valence-electron chi connectivity index (χ0n) is 24.1. The number of rotatable bonds is 9. The van der Waals surface area contributed by atoms with Gasteiger partial charge in [-0.25, -0.2) is 17.2 Å². The van der Waals surface area contributed by atoms with Gasteiger partial charge in [0.25, 0.3) is 5.91 Å². The molecule has 11 heteroatoms. The van der Waals surface area contributed by atoms with E-state index in [2.05, 4.69) is 5.32 Å². The minimum atomic E-state index is -3.33. The van der Waals surface area contributed by atoms with Crippen LogP contribution in [0.4, 0.5) is 8.78 Å². The third-order valence-corrected chi connectivity index (χ3v) is 11.7. The van der Waals surface area contributed by atoms with Gasteiger partial charge in [-0.3, -0.25) is 4.79 Å². The molecule has 1 fully saturated rings. The van der Waals surface area contributed by atoms with E-state index in [9.17, 15) is 22.0 Å². The zero-order chi connectivity index (χ0) is 30.9. The average Bonchev–Trinajstić information content (AvgIpc) is 3.39. The van der Waals surface area contributed by atoms with Crippen molar-refractivity contribution in [1.82, 2.24) is 10.2 Å². The van der Waals surface area contributed by atoms with Crippen LogP contribution in [0.25, 0.3) is 21.2 Å². The van der Waals surface area contributed by atoms with E-state index >= 15 is 0 Å². The van der Waals surface area contributed by atoms with Crippen molar-refractivity contribution >= 4 is 48.8 Å². The van der Waals surface area contributed by atoms with Crippen LogP contribution < -0.4 is 10.1 Å². The van der Waals surface area contributed by atoms with Crippen LogP contribution in [-0.4, -0.2) is 51.2 Å². The highest BCUT2D eigenvalue weighted by Gasteiger charge is 2.33. The number of halogens is 3. The number of hydrogen-bond donors (Lipinski definition) is 1. The highest BCUT2D eigenvalue weighted by atomic mass is 35.5. The van der Waals surface area contributed by atoms with Gasteiger partial charge in [-0.15, -0.1) is 11.3 Å². The molecule has 228 valence electrons. The van der Waals surface area contributed by atoms with Crippen LogP contribution >= 0.6 is 22.9 Å². The first-order valence-electron chi connectivity index (χ1n) is 14.1. The highest BCUT2D eigenvalue weighted by molar-refractivity contribution is 7.91. The number of ether oxygens (including phenoxy) is 1. The third kappa shape index (κ3) is 6.29. The lowest BCUT2D eigenvalue weighted by atomic mass is 9.89. The molecule has 0 aliphatic heterocycles. The number of benzene rings is 3. The van der Waals surface area contributed by atoms with Gasteiger partial charge >= 0.3 is 0 Å². The minimum Gasteiger partial charge on any atom is -0.496 e. The fraction of sp³-hybridized carbons (Fsp3) is 0.344. The van der Waals surface area contributed by atoms with Crippen molar-refractivity contribution in [1.29, 1.82) is 0 Å². The molecule has 0 unspecified atom stereocenters. The molecule has 1 aromatic heterocycles. The van der Waals surface area contributed by atoms with Crippen LogP contribution in [0, 0.1) is 11.6 Å². The average molecular weight is 647 g/mol. The van der Waals surface area contributed by atoms with E-state index in [1.54, 1.807) is 43.2 Å². The Kier molecular flexibility index (Phi) is 9.41. The summed E-state index contributed by atoms with van der Waals surface area (Å²) in [7, 11) is 0.152. The van der Waals surface area contributed by atoms with Crippen molar-refractivity contribution < 1.29 is 26.7 Å². The monoisotopic (exact) mass is 646 g/mol. The lowest BCUT2D eigenvalue weighted by molar-refractivity contribution is 0.0604. The van der Waals surface area contributed by atoms with Gasteiger partial charge in [0.1, 0.15) is 22.3 Å². The maximum Gasteiger partial charge on any atom is 0.266 e. The molecule has 6 nitrogen and oxygen atoms in total. The van der Waals surface area contributed by atoms with Crippen molar-refractivity contribution in [2.75, 3.05) is 19.9 Å². The maximum absolute atomic E-state index is 14.7. The fourth-order valence-corrected chi connectivity index (χ4v) is 8.08. The standard InChI is InChI=1S/C32H33ClF2N2O4S2/c1-4-43(39,40)24-12-5-19(6-13-24)20-7-16-27(41-3)21(17-20)18-37(23-10-8-22(36-2)9-11-23)32(38)31-29(33)28-25(34)14-15-26(35)30(28)42-31/h5-7,12-17,22-23,36H,4,8-11,18H2,1-3H3/t22-,23+. The molecule has 1 saturated carbocycles. The summed E-state index contributed by atoms with van der Waals surface area (Å²) in [5, 5.41) is 3.14. The Morgan fingerprint density at radius 2 is 1.67 bits per heavy atom.